The monoisotopic (exact) mass is 482 g/mol. The highest BCUT2D eigenvalue weighted by molar-refractivity contribution is 6.42. The van der Waals surface area contributed by atoms with Crippen LogP contribution in [-0.4, -0.2) is 9.55 Å². The molecule has 0 amide bonds. The van der Waals surface area contributed by atoms with Gasteiger partial charge < -0.3 is 10.3 Å². The normalized spacial score (nSPS) is 11.0. The van der Waals surface area contributed by atoms with E-state index in [0.717, 1.165) is 44.4 Å². The second-order valence-corrected chi connectivity index (χ2v) is 8.94. The van der Waals surface area contributed by atoms with E-state index in [1.165, 1.54) is 0 Å². The lowest BCUT2D eigenvalue weighted by Crippen LogP contribution is -2.03. The number of aryl methyl sites for hydroxylation is 1. The Morgan fingerprint density at radius 1 is 0.941 bits per heavy atom. The topological polar surface area (TPSA) is 67.6 Å². The highest BCUT2D eigenvalue weighted by Crippen LogP contribution is 2.42. The number of halogens is 2. The van der Waals surface area contributed by atoms with Gasteiger partial charge in [0.05, 0.1) is 10.0 Å². The van der Waals surface area contributed by atoms with Crippen LogP contribution in [0, 0.1) is 18.3 Å². The first-order valence-corrected chi connectivity index (χ1v) is 11.5. The summed E-state index contributed by atoms with van der Waals surface area (Å²) in [7, 11) is 0. The van der Waals surface area contributed by atoms with Gasteiger partial charge in [0, 0.05) is 46.0 Å². The van der Waals surface area contributed by atoms with Gasteiger partial charge in [-0.25, -0.2) is 4.98 Å². The van der Waals surface area contributed by atoms with Crippen LogP contribution in [0.5, 0.6) is 0 Å². The molecule has 0 saturated carbocycles. The number of hydrogen-bond donors (Lipinski definition) is 1. The van der Waals surface area contributed by atoms with Crippen molar-refractivity contribution in [3.63, 3.8) is 0 Å². The molecular weight excluding hydrogens is 463 g/mol. The summed E-state index contributed by atoms with van der Waals surface area (Å²) in [6.45, 7) is 2.53. The number of hydrogen-bond acceptors (Lipinski definition) is 3. The summed E-state index contributed by atoms with van der Waals surface area (Å²) in [5, 5.41) is 12.2. The Balaban J connectivity index is 1.79. The molecule has 2 heterocycles. The second kappa shape index (κ2) is 8.87. The van der Waals surface area contributed by atoms with Crippen LogP contribution in [0.25, 0.3) is 33.2 Å². The number of anilines is 1. The average molecular weight is 483 g/mol. The standard InChI is InChI=1S/C28H20Cl2N4/c1-17-26(19-7-3-2-4-8-19)27(21(14-31)28(32)33-17)22-16-34(25-10-6-5-9-20(22)25)15-18-11-12-23(29)24(30)13-18/h2-13,16H,15H2,1H3,(H2,32,33). The summed E-state index contributed by atoms with van der Waals surface area (Å²) in [5.74, 6) is 0.232. The van der Waals surface area contributed by atoms with Gasteiger partial charge in [-0.05, 0) is 36.2 Å². The fraction of sp³-hybridized carbons (Fsp3) is 0.0714. The van der Waals surface area contributed by atoms with Gasteiger partial charge >= 0.3 is 0 Å². The van der Waals surface area contributed by atoms with E-state index in [-0.39, 0.29) is 5.82 Å². The molecule has 4 nitrogen and oxygen atoms in total. The van der Waals surface area contributed by atoms with Crippen molar-refractivity contribution in [1.82, 2.24) is 9.55 Å². The van der Waals surface area contributed by atoms with Gasteiger partial charge in [-0.1, -0.05) is 77.8 Å². The highest BCUT2D eigenvalue weighted by Gasteiger charge is 2.22. The number of nitrogen functional groups attached to an aromatic ring is 1. The van der Waals surface area contributed by atoms with Gasteiger partial charge in [-0.3, -0.25) is 0 Å². The minimum absolute atomic E-state index is 0.232. The minimum atomic E-state index is 0.232. The minimum Gasteiger partial charge on any atom is -0.383 e. The Bertz CT molecular complexity index is 1580. The molecule has 0 bridgehead atoms. The zero-order chi connectivity index (χ0) is 23.8. The summed E-state index contributed by atoms with van der Waals surface area (Å²) in [4.78, 5) is 4.50. The van der Waals surface area contributed by atoms with Crippen LogP contribution in [0.3, 0.4) is 0 Å². The van der Waals surface area contributed by atoms with E-state index in [9.17, 15) is 5.26 Å². The Kier molecular flexibility index (Phi) is 5.75. The quantitative estimate of drug-likeness (QED) is 0.288. The molecule has 0 radical (unpaired) electrons. The predicted molar refractivity (Wildman–Crippen MR) is 140 cm³/mol. The molecule has 0 aliphatic rings. The molecule has 0 fully saturated rings. The van der Waals surface area contributed by atoms with E-state index >= 15 is 0 Å². The summed E-state index contributed by atoms with van der Waals surface area (Å²) in [6.07, 6.45) is 2.08. The molecule has 3 aromatic carbocycles. The van der Waals surface area contributed by atoms with Gasteiger partial charge in [0.2, 0.25) is 0 Å². The van der Waals surface area contributed by atoms with E-state index < -0.39 is 0 Å². The second-order valence-electron chi connectivity index (χ2n) is 8.12. The number of pyridine rings is 1. The maximum Gasteiger partial charge on any atom is 0.142 e. The number of rotatable bonds is 4. The van der Waals surface area contributed by atoms with Crippen molar-refractivity contribution in [3.05, 3.63) is 106 Å². The number of nitriles is 1. The highest BCUT2D eigenvalue weighted by atomic mass is 35.5. The van der Waals surface area contributed by atoms with Crippen LogP contribution in [0.15, 0.2) is 79.0 Å². The molecular formula is C28H20Cl2N4. The first-order chi connectivity index (χ1) is 16.5. The first-order valence-electron chi connectivity index (χ1n) is 10.8. The largest absolute Gasteiger partial charge is 0.383 e. The van der Waals surface area contributed by atoms with Crippen molar-refractivity contribution in [3.8, 4) is 28.3 Å². The van der Waals surface area contributed by atoms with Gasteiger partial charge in [0.15, 0.2) is 0 Å². The van der Waals surface area contributed by atoms with Crippen LogP contribution in [0.1, 0.15) is 16.8 Å². The number of aromatic nitrogens is 2. The predicted octanol–water partition coefficient (Wildman–Crippen LogP) is 7.49. The molecule has 2 N–H and O–H groups in total. The van der Waals surface area contributed by atoms with Crippen molar-refractivity contribution in [1.29, 1.82) is 5.26 Å². The SMILES string of the molecule is Cc1nc(N)c(C#N)c(-c2cn(Cc3ccc(Cl)c(Cl)c3)c3ccccc23)c1-c1ccccc1. The number of fused-ring (bicyclic) bond motifs is 1. The molecule has 5 rings (SSSR count). The Hall–Kier alpha value is -3.78. The van der Waals surface area contributed by atoms with Crippen LogP contribution < -0.4 is 5.73 Å². The van der Waals surface area contributed by atoms with Gasteiger partial charge in [0.1, 0.15) is 17.5 Å². The third kappa shape index (κ3) is 3.80. The van der Waals surface area contributed by atoms with E-state index in [0.29, 0.717) is 22.2 Å². The fourth-order valence-electron chi connectivity index (χ4n) is 4.48. The Morgan fingerprint density at radius 3 is 2.41 bits per heavy atom. The zero-order valence-electron chi connectivity index (χ0n) is 18.4. The van der Waals surface area contributed by atoms with Crippen LogP contribution >= 0.6 is 23.2 Å². The number of para-hydroxylation sites is 1. The van der Waals surface area contributed by atoms with E-state index in [1.54, 1.807) is 6.07 Å². The number of nitrogens with two attached hydrogens (primary N) is 1. The molecule has 0 saturated heterocycles. The molecule has 0 spiro atoms. The maximum absolute atomic E-state index is 10.1. The summed E-state index contributed by atoms with van der Waals surface area (Å²) in [6, 6.07) is 26.1. The van der Waals surface area contributed by atoms with Crippen LogP contribution in [-0.2, 0) is 6.54 Å². The molecule has 0 atom stereocenters. The van der Waals surface area contributed by atoms with Crippen molar-refractivity contribution >= 4 is 39.9 Å². The molecule has 0 aliphatic carbocycles. The van der Waals surface area contributed by atoms with E-state index in [2.05, 4.69) is 33.9 Å². The van der Waals surface area contributed by atoms with E-state index in [4.69, 9.17) is 28.9 Å². The Labute approximate surface area is 207 Å². The van der Waals surface area contributed by atoms with Crippen LogP contribution in [0.4, 0.5) is 5.82 Å². The third-order valence-electron chi connectivity index (χ3n) is 5.98. The third-order valence-corrected chi connectivity index (χ3v) is 6.71. The smallest absolute Gasteiger partial charge is 0.142 e. The average Bonchev–Trinajstić information content (AvgIpc) is 3.19. The summed E-state index contributed by atoms with van der Waals surface area (Å²) < 4.78 is 2.16. The molecule has 2 aromatic heterocycles. The van der Waals surface area contributed by atoms with Crippen molar-refractivity contribution in [2.75, 3.05) is 5.73 Å². The van der Waals surface area contributed by atoms with Gasteiger partial charge in [0.25, 0.3) is 0 Å². The molecule has 6 heteroatoms. The van der Waals surface area contributed by atoms with Gasteiger partial charge in [-0.2, -0.15) is 5.26 Å². The first kappa shape index (κ1) is 22.0. The van der Waals surface area contributed by atoms with Crippen molar-refractivity contribution < 1.29 is 0 Å². The van der Waals surface area contributed by atoms with Gasteiger partial charge in [-0.15, -0.1) is 0 Å². The number of nitrogens with zero attached hydrogens (tertiary/aromatic N) is 3. The molecule has 34 heavy (non-hydrogen) atoms. The van der Waals surface area contributed by atoms with E-state index in [1.807, 2.05) is 61.5 Å². The van der Waals surface area contributed by atoms with Crippen molar-refractivity contribution in [2.24, 2.45) is 0 Å². The molecule has 0 aliphatic heterocycles. The Morgan fingerprint density at radius 2 is 1.68 bits per heavy atom. The van der Waals surface area contributed by atoms with Crippen molar-refractivity contribution in [2.45, 2.75) is 13.5 Å². The number of benzene rings is 3. The lowest BCUT2D eigenvalue weighted by Gasteiger charge is -2.15. The lowest BCUT2D eigenvalue weighted by molar-refractivity contribution is 0.837. The summed E-state index contributed by atoms with van der Waals surface area (Å²) >= 11 is 12.4. The maximum atomic E-state index is 10.1. The summed E-state index contributed by atoms with van der Waals surface area (Å²) in [5.41, 5.74) is 13.1. The molecule has 5 aromatic rings. The zero-order valence-corrected chi connectivity index (χ0v) is 19.9. The lowest BCUT2D eigenvalue weighted by atomic mass is 9.90. The van der Waals surface area contributed by atoms with Crippen LogP contribution in [0.2, 0.25) is 10.0 Å². The molecule has 0 unspecified atom stereocenters. The fourth-order valence-corrected chi connectivity index (χ4v) is 4.80. The molecule has 166 valence electrons.